The molecule has 0 aliphatic rings. The maximum Gasteiger partial charge on any atom is 0.132 e. The Morgan fingerprint density at radius 1 is 1.20 bits per heavy atom. The number of ether oxygens (including phenoxy) is 1. The van der Waals surface area contributed by atoms with Crippen LogP contribution in [0.2, 0.25) is 5.02 Å². The van der Waals surface area contributed by atoms with E-state index in [1.807, 2.05) is 0 Å². The summed E-state index contributed by atoms with van der Waals surface area (Å²) >= 11 is 5.91. The van der Waals surface area contributed by atoms with Crippen LogP contribution in [-0.4, -0.2) is 0 Å². The molecule has 0 radical (unpaired) electrons. The summed E-state index contributed by atoms with van der Waals surface area (Å²) in [6.45, 7) is 1.80. The third-order valence-corrected chi connectivity index (χ3v) is 3.10. The van der Waals surface area contributed by atoms with Crippen molar-refractivity contribution in [1.82, 2.24) is 0 Å². The van der Waals surface area contributed by atoms with Gasteiger partial charge < -0.3 is 10.5 Å². The van der Waals surface area contributed by atoms with Gasteiger partial charge in [-0.1, -0.05) is 11.6 Å². The number of rotatable bonds is 4. The van der Waals surface area contributed by atoms with Gasteiger partial charge in [-0.3, -0.25) is 0 Å². The maximum absolute atomic E-state index is 13.5. The SMILES string of the molecule is C[C@H](N)c1cc(Cl)ccc1OCc1ccc(F)cc1F. The van der Waals surface area contributed by atoms with E-state index in [1.54, 1.807) is 25.1 Å². The predicted octanol–water partition coefficient (Wildman–Crippen LogP) is 4.22. The molecule has 1 atom stereocenters. The molecule has 0 aliphatic carbocycles. The molecule has 2 aromatic rings. The number of halogens is 3. The lowest BCUT2D eigenvalue weighted by molar-refractivity contribution is 0.295. The van der Waals surface area contributed by atoms with Crippen molar-refractivity contribution in [3.05, 3.63) is 64.2 Å². The molecule has 2 rings (SSSR count). The Balaban J connectivity index is 2.18. The lowest BCUT2D eigenvalue weighted by Gasteiger charge is -2.14. The second kappa shape index (κ2) is 6.20. The molecule has 0 aromatic heterocycles. The minimum absolute atomic E-state index is 0.00648. The standard InChI is InChI=1S/C15H14ClF2NO/c1-9(19)13-6-11(16)3-5-15(13)20-8-10-2-4-12(17)7-14(10)18/h2-7,9H,8,19H2,1H3/t9-/m0/s1. The molecular formula is C15H14ClF2NO. The summed E-state index contributed by atoms with van der Waals surface area (Å²) in [5.74, 6) is -0.719. The summed E-state index contributed by atoms with van der Waals surface area (Å²) in [7, 11) is 0. The van der Waals surface area contributed by atoms with Gasteiger partial charge in [-0.2, -0.15) is 0 Å². The quantitative estimate of drug-likeness (QED) is 0.917. The topological polar surface area (TPSA) is 35.2 Å². The molecule has 5 heteroatoms. The molecule has 2 N–H and O–H groups in total. The highest BCUT2D eigenvalue weighted by Crippen LogP contribution is 2.28. The highest BCUT2D eigenvalue weighted by atomic mass is 35.5. The van der Waals surface area contributed by atoms with Crippen LogP contribution >= 0.6 is 11.6 Å². The second-order valence-corrected chi connectivity index (χ2v) is 4.93. The molecule has 106 valence electrons. The zero-order valence-corrected chi connectivity index (χ0v) is 11.6. The molecule has 2 nitrogen and oxygen atoms in total. The fourth-order valence-electron chi connectivity index (χ4n) is 1.80. The van der Waals surface area contributed by atoms with Gasteiger partial charge in [-0.05, 0) is 37.3 Å². The minimum Gasteiger partial charge on any atom is -0.488 e. The van der Waals surface area contributed by atoms with Crippen LogP contribution in [-0.2, 0) is 6.61 Å². The van der Waals surface area contributed by atoms with E-state index in [4.69, 9.17) is 22.1 Å². The van der Waals surface area contributed by atoms with E-state index in [0.717, 1.165) is 11.6 Å². The average Bonchev–Trinajstić information content (AvgIpc) is 2.38. The number of benzene rings is 2. The van der Waals surface area contributed by atoms with Crippen LogP contribution in [0.15, 0.2) is 36.4 Å². The van der Waals surface area contributed by atoms with Crippen molar-refractivity contribution in [3.63, 3.8) is 0 Å². The Kier molecular flexibility index (Phi) is 4.57. The third kappa shape index (κ3) is 3.46. The lowest BCUT2D eigenvalue weighted by atomic mass is 10.1. The van der Waals surface area contributed by atoms with E-state index in [9.17, 15) is 8.78 Å². The Morgan fingerprint density at radius 3 is 2.60 bits per heavy atom. The predicted molar refractivity (Wildman–Crippen MR) is 74.7 cm³/mol. The summed E-state index contributed by atoms with van der Waals surface area (Å²) < 4.78 is 31.9. The van der Waals surface area contributed by atoms with E-state index >= 15 is 0 Å². The van der Waals surface area contributed by atoms with E-state index < -0.39 is 11.6 Å². The van der Waals surface area contributed by atoms with Gasteiger partial charge in [-0.25, -0.2) is 8.78 Å². The minimum atomic E-state index is -0.638. The molecule has 0 saturated heterocycles. The molecule has 20 heavy (non-hydrogen) atoms. The van der Waals surface area contributed by atoms with Crippen LogP contribution in [0.5, 0.6) is 5.75 Å². The first-order valence-electron chi connectivity index (χ1n) is 6.09. The number of nitrogens with two attached hydrogens (primary N) is 1. The van der Waals surface area contributed by atoms with Crippen molar-refractivity contribution in [2.75, 3.05) is 0 Å². The summed E-state index contributed by atoms with van der Waals surface area (Å²) in [6.07, 6.45) is 0. The van der Waals surface area contributed by atoms with E-state index in [0.29, 0.717) is 10.8 Å². The summed E-state index contributed by atoms with van der Waals surface area (Å²) in [5.41, 5.74) is 6.85. The lowest BCUT2D eigenvalue weighted by Crippen LogP contribution is -2.08. The molecule has 0 heterocycles. The van der Waals surface area contributed by atoms with Gasteiger partial charge in [0.15, 0.2) is 0 Å². The highest BCUT2D eigenvalue weighted by Gasteiger charge is 2.11. The van der Waals surface area contributed by atoms with Crippen LogP contribution in [0.1, 0.15) is 24.1 Å². The first-order valence-corrected chi connectivity index (χ1v) is 6.47. The van der Waals surface area contributed by atoms with Crippen LogP contribution in [0, 0.1) is 11.6 Å². The van der Waals surface area contributed by atoms with Gasteiger partial charge in [-0.15, -0.1) is 0 Å². The first kappa shape index (κ1) is 14.8. The molecule has 0 saturated carbocycles. The average molecular weight is 298 g/mol. The number of hydrogen-bond donors (Lipinski definition) is 1. The third-order valence-electron chi connectivity index (χ3n) is 2.86. The smallest absolute Gasteiger partial charge is 0.132 e. The molecule has 0 amide bonds. The molecule has 2 aromatic carbocycles. The Bertz CT molecular complexity index is 617. The van der Waals surface area contributed by atoms with Crippen LogP contribution < -0.4 is 10.5 Å². The van der Waals surface area contributed by atoms with Gasteiger partial charge in [0.1, 0.15) is 24.0 Å². The van der Waals surface area contributed by atoms with Crippen molar-refractivity contribution < 1.29 is 13.5 Å². The molecule has 0 bridgehead atoms. The first-order chi connectivity index (χ1) is 9.47. The van der Waals surface area contributed by atoms with Gasteiger partial charge in [0.2, 0.25) is 0 Å². The van der Waals surface area contributed by atoms with Crippen LogP contribution in [0.3, 0.4) is 0 Å². The summed E-state index contributed by atoms with van der Waals surface area (Å²) in [6, 6.07) is 8.17. The summed E-state index contributed by atoms with van der Waals surface area (Å²) in [5, 5.41) is 0.553. The fourth-order valence-corrected chi connectivity index (χ4v) is 1.98. The van der Waals surface area contributed by atoms with E-state index in [-0.39, 0.29) is 18.2 Å². The number of hydrogen-bond acceptors (Lipinski definition) is 2. The van der Waals surface area contributed by atoms with Crippen molar-refractivity contribution in [2.45, 2.75) is 19.6 Å². The van der Waals surface area contributed by atoms with Gasteiger partial charge in [0.05, 0.1) is 0 Å². The van der Waals surface area contributed by atoms with Crippen LogP contribution in [0.25, 0.3) is 0 Å². The van der Waals surface area contributed by atoms with Crippen molar-refractivity contribution >= 4 is 11.6 Å². The van der Waals surface area contributed by atoms with Crippen molar-refractivity contribution in [2.24, 2.45) is 5.73 Å². The molecular weight excluding hydrogens is 284 g/mol. The monoisotopic (exact) mass is 297 g/mol. The van der Waals surface area contributed by atoms with Gasteiger partial charge in [0, 0.05) is 28.3 Å². The molecule has 0 unspecified atom stereocenters. The Morgan fingerprint density at radius 2 is 1.95 bits per heavy atom. The highest BCUT2D eigenvalue weighted by molar-refractivity contribution is 6.30. The molecule has 0 fully saturated rings. The Labute approximate surface area is 121 Å². The van der Waals surface area contributed by atoms with Gasteiger partial charge >= 0.3 is 0 Å². The Hall–Kier alpha value is -1.65. The van der Waals surface area contributed by atoms with Gasteiger partial charge in [0.25, 0.3) is 0 Å². The fraction of sp³-hybridized carbons (Fsp3) is 0.200. The van der Waals surface area contributed by atoms with Crippen LogP contribution in [0.4, 0.5) is 8.78 Å². The second-order valence-electron chi connectivity index (χ2n) is 4.50. The van der Waals surface area contributed by atoms with Crippen molar-refractivity contribution in [3.8, 4) is 5.75 Å². The normalized spacial score (nSPS) is 12.2. The zero-order chi connectivity index (χ0) is 14.7. The zero-order valence-electron chi connectivity index (χ0n) is 10.9. The van der Waals surface area contributed by atoms with E-state index in [2.05, 4.69) is 0 Å². The molecule has 0 spiro atoms. The molecule has 0 aliphatic heterocycles. The maximum atomic E-state index is 13.5. The summed E-state index contributed by atoms with van der Waals surface area (Å²) in [4.78, 5) is 0. The largest absolute Gasteiger partial charge is 0.488 e. The van der Waals surface area contributed by atoms with Crippen molar-refractivity contribution in [1.29, 1.82) is 0 Å². The van der Waals surface area contributed by atoms with E-state index in [1.165, 1.54) is 12.1 Å².